The second kappa shape index (κ2) is 11.6. The molecule has 3 aromatic rings. The Labute approximate surface area is 189 Å². The number of hydrogen-bond donors (Lipinski definition) is 2. The summed E-state index contributed by atoms with van der Waals surface area (Å²) in [5, 5.41) is 20.8. The van der Waals surface area contributed by atoms with Gasteiger partial charge in [0.25, 0.3) is 0 Å². The molecule has 0 bridgehead atoms. The predicted molar refractivity (Wildman–Crippen MR) is 123 cm³/mol. The van der Waals surface area contributed by atoms with Crippen LogP contribution in [0, 0.1) is 0 Å². The smallest absolute Gasteiger partial charge is 0.308 e. The van der Waals surface area contributed by atoms with Gasteiger partial charge < -0.3 is 19.7 Å². The van der Waals surface area contributed by atoms with Gasteiger partial charge in [-0.2, -0.15) is 0 Å². The van der Waals surface area contributed by atoms with Crippen molar-refractivity contribution in [3.05, 3.63) is 108 Å². The summed E-state index contributed by atoms with van der Waals surface area (Å²) in [6.07, 6.45) is -2.12. The standard InChI is InChI=1S/C27H30O5/c1-2-31-26(30)19-24(28)18-25(29)20-32-27(21-12-6-3-7-13-21,22-14-8-4-9-15-22)23-16-10-5-11-17-23/h3-17,24-25,28-29H,2,18-20H2,1H3/t24-,25+/m0/s1. The normalized spacial score (nSPS) is 13.3. The van der Waals surface area contributed by atoms with Gasteiger partial charge in [0.05, 0.1) is 31.8 Å². The van der Waals surface area contributed by atoms with E-state index in [1.165, 1.54) is 0 Å². The second-order valence-corrected chi connectivity index (χ2v) is 7.64. The van der Waals surface area contributed by atoms with Crippen LogP contribution in [0.15, 0.2) is 91.0 Å². The number of esters is 1. The number of rotatable bonds is 11. The molecule has 5 nitrogen and oxygen atoms in total. The molecule has 0 amide bonds. The zero-order valence-electron chi connectivity index (χ0n) is 18.3. The molecule has 0 saturated heterocycles. The van der Waals surface area contributed by atoms with Crippen LogP contribution in [0.1, 0.15) is 36.5 Å². The molecule has 0 fully saturated rings. The lowest BCUT2D eigenvalue weighted by molar-refractivity contribution is -0.145. The molecule has 0 aliphatic carbocycles. The van der Waals surface area contributed by atoms with Crippen LogP contribution in [-0.2, 0) is 19.9 Å². The fourth-order valence-electron chi connectivity index (χ4n) is 3.87. The summed E-state index contributed by atoms with van der Waals surface area (Å²) in [7, 11) is 0. The van der Waals surface area contributed by atoms with Crippen molar-refractivity contribution in [2.24, 2.45) is 0 Å². The minimum absolute atomic E-state index is 0.00721. The average Bonchev–Trinajstić information content (AvgIpc) is 2.81. The van der Waals surface area contributed by atoms with Crippen molar-refractivity contribution >= 4 is 5.97 Å². The molecule has 3 aromatic carbocycles. The van der Waals surface area contributed by atoms with Crippen LogP contribution in [0.4, 0.5) is 0 Å². The quantitative estimate of drug-likeness (QED) is 0.352. The van der Waals surface area contributed by atoms with Gasteiger partial charge in [0.2, 0.25) is 0 Å². The van der Waals surface area contributed by atoms with E-state index in [2.05, 4.69) is 0 Å². The van der Waals surface area contributed by atoms with Gasteiger partial charge in [-0.25, -0.2) is 0 Å². The minimum Gasteiger partial charge on any atom is -0.466 e. The van der Waals surface area contributed by atoms with Crippen LogP contribution < -0.4 is 0 Å². The molecule has 0 spiro atoms. The van der Waals surface area contributed by atoms with Crippen molar-refractivity contribution in [2.75, 3.05) is 13.2 Å². The van der Waals surface area contributed by atoms with Crippen molar-refractivity contribution in [1.29, 1.82) is 0 Å². The number of aliphatic hydroxyl groups is 2. The van der Waals surface area contributed by atoms with Crippen LogP contribution in [0.25, 0.3) is 0 Å². The van der Waals surface area contributed by atoms with Crippen molar-refractivity contribution < 1.29 is 24.5 Å². The number of carbonyl (C=O) groups excluding carboxylic acids is 1. The second-order valence-electron chi connectivity index (χ2n) is 7.64. The van der Waals surface area contributed by atoms with Gasteiger partial charge in [-0.1, -0.05) is 91.0 Å². The predicted octanol–water partition coefficient (Wildman–Crippen LogP) is 4.06. The van der Waals surface area contributed by atoms with E-state index in [1.807, 2.05) is 91.0 Å². The lowest BCUT2D eigenvalue weighted by atomic mass is 9.80. The van der Waals surface area contributed by atoms with E-state index < -0.39 is 23.8 Å². The Hall–Kier alpha value is -2.99. The van der Waals surface area contributed by atoms with E-state index in [-0.39, 0.29) is 26.1 Å². The maximum absolute atomic E-state index is 11.6. The zero-order chi connectivity index (χ0) is 22.8. The molecule has 0 aliphatic heterocycles. The molecule has 5 heteroatoms. The zero-order valence-corrected chi connectivity index (χ0v) is 18.3. The van der Waals surface area contributed by atoms with Crippen molar-refractivity contribution in [3.8, 4) is 0 Å². The Bertz CT molecular complexity index is 847. The molecule has 0 radical (unpaired) electrons. The fraction of sp³-hybridized carbons (Fsp3) is 0.296. The Kier molecular flexibility index (Phi) is 8.56. The van der Waals surface area contributed by atoms with E-state index in [0.717, 1.165) is 16.7 Å². The average molecular weight is 435 g/mol. The topological polar surface area (TPSA) is 76.0 Å². The van der Waals surface area contributed by atoms with Crippen LogP contribution in [0.2, 0.25) is 0 Å². The van der Waals surface area contributed by atoms with Crippen LogP contribution in [0.5, 0.6) is 0 Å². The van der Waals surface area contributed by atoms with Crippen LogP contribution >= 0.6 is 0 Å². The molecule has 0 unspecified atom stereocenters. The monoisotopic (exact) mass is 434 g/mol. The lowest BCUT2D eigenvalue weighted by Crippen LogP contribution is -2.36. The molecule has 0 aliphatic rings. The highest BCUT2D eigenvalue weighted by Crippen LogP contribution is 2.40. The Morgan fingerprint density at radius 3 is 1.62 bits per heavy atom. The number of hydrogen-bond acceptors (Lipinski definition) is 5. The molecule has 168 valence electrons. The summed E-state index contributed by atoms with van der Waals surface area (Å²) in [5.41, 5.74) is 1.83. The minimum atomic E-state index is -1.01. The van der Waals surface area contributed by atoms with Crippen molar-refractivity contribution in [3.63, 3.8) is 0 Å². The third kappa shape index (κ3) is 5.82. The molecule has 0 heterocycles. The third-order valence-electron chi connectivity index (χ3n) is 5.28. The van der Waals surface area contributed by atoms with Gasteiger partial charge in [0.15, 0.2) is 0 Å². The van der Waals surface area contributed by atoms with Gasteiger partial charge >= 0.3 is 5.97 Å². The van der Waals surface area contributed by atoms with Crippen LogP contribution in [-0.4, -0.2) is 41.6 Å². The summed E-state index contributed by atoms with van der Waals surface area (Å²) in [5.74, 6) is -0.486. The molecule has 3 rings (SSSR count). The van der Waals surface area contributed by atoms with E-state index in [4.69, 9.17) is 9.47 Å². The van der Waals surface area contributed by atoms with Gasteiger partial charge in [-0.3, -0.25) is 4.79 Å². The maximum Gasteiger partial charge on any atom is 0.308 e. The lowest BCUT2D eigenvalue weighted by Gasteiger charge is -2.36. The Morgan fingerprint density at radius 2 is 1.22 bits per heavy atom. The summed E-state index contributed by atoms with van der Waals surface area (Å²) in [4.78, 5) is 11.6. The SMILES string of the molecule is CCOC(=O)C[C@@H](O)C[C@@H](O)COC(c1ccccc1)(c1ccccc1)c1ccccc1. The number of carbonyl (C=O) groups is 1. The highest BCUT2D eigenvalue weighted by atomic mass is 16.5. The molecule has 2 N–H and O–H groups in total. The number of benzene rings is 3. The molecule has 2 atom stereocenters. The van der Waals surface area contributed by atoms with Gasteiger partial charge in [0.1, 0.15) is 5.60 Å². The first-order valence-electron chi connectivity index (χ1n) is 10.9. The van der Waals surface area contributed by atoms with Gasteiger partial charge in [0, 0.05) is 6.42 Å². The largest absolute Gasteiger partial charge is 0.466 e. The van der Waals surface area contributed by atoms with Gasteiger partial charge in [-0.15, -0.1) is 0 Å². The Morgan fingerprint density at radius 1 is 0.781 bits per heavy atom. The van der Waals surface area contributed by atoms with Crippen molar-refractivity contribution in [2.45, 2.75) is 37.6 Å². The van der Waals surface area contributed by atoms with E-state index >= 15 is 0 Å². The molecule has 32 heavy (non-hydrogen) atoms. The first kappa shape index (κ1) is 23.7. The first-order chi connectivity index (χ1) is 15.6. The number of ether oxygens (including phenoxy) is 2. The van der Waals surface area contributed by atoms with Crippen LogP contribution in [0.3, 0.4) is 0 Å². The summed E-state index contributed by atoms with van der Waals surface area (Å²) < 4.78 is 11.4. The summed E-state index contributed by atoms with van der Waals surface area (Å²) in [6, 6.07) is 29.6. The highest BCUT2D eigenvalue weighted by molar-refractivity contribution is 5.69. The number of aliphatic hydroxyl groups excluding tert-OH is 2. The van der Waals surface area contributed by atoms with Crippen molar-refractivity contribution in [1.82, 2.24) is 0 Å². The molecule has 0 saturated carbocycles. The Balaban J connectivity index is 1.89. The summed E-state index contributed by atoms with van der Waals surface area (Å²) >= 11 is 0. The third-order valence-corrected chi connectivity index (χ3v) is 5.28. The van der Waals surface area contributed by atoms with E-state index in [0.29, 0.717) is 0 Å². The molecule has 0 aromatic heterocycles. The fourth-order valence-corrected chi connectivity index (χ4v) is 3.87. The van der Waals surface area contributed by atoms with E-state index in [1.54, 1.807) is 6.92 Å². The highest BCUT2D eigenvalue weighted by Gasteiger charge is 2.38. The maximum atomic E-state index is 11.6. The summed E-state index contributed by atoms with van der Waals surface area (Å²) in [6.45, 7) is 1.94. The molecular formula is C27H30O5. The molecular weight excluding hydrogens is 404 g/mol. The first-order valence-corrected chi connectivity index (χ1v) is 10.9. The van der Waals surface area contributed by atoms with E-state index in [9.17, 15) is 15.0 Å². The van der Waals surface area contributed by atoms with Gasteiger partial charge in [-0.05, 0) is 23.6 Å².